The van der Waals surface area contributed by atoms with E-state index in [2.05, 4.69) is 26.0 Å². The van der Waals surface area contributed by atoms with Crippen molar-refractivity contribution in [2.24, 2.45) is 0 Å². The Hall–Kier alpha value is -2.07. The van der Waals surface area contributed by atoms with Gasteiger partial charge in [-0.2, -0.15) is 4.72 Å². The first-order valence-electron chi connectivity index (χ1n) is 8.21. The lowest BCUT2D eigenvalue weighted by Crippen LogP contribution is -2.45. The molecule has 0 saturated carbocycles. The fraction of sp³-hybridized carbons (Fsp3) is 0.105. The molecular formula is C19H16BrFN2O3S2. The summed E-state index contributed by atoms with van der Waals surface area (Å²) in [6.45, 7) is 0. The van der Waals surface area contributed by atoms with E-state index in [-0.39, 0.29) is 16.3 Å². The Bertz CT molecular complexity index is 1060. The van der Waals surface area contributed by atoms with Crippen molar-refractivity contribution in [3.8, 4) is 0 Å². The predicted octanol–water partition coefficient (Wildman–Crippen LogP) is 4.18. The zero-order valence-corrected chi connectivity index (χ0v) is 17.7. The SMILES string of the molecule is O=C(Nc1ccc(Br)cc1F)[C@@H](Cc1ccccc1)NS(=O)(=O)c1cccs1. The van der Waals surface area contributed by atoms with Crippen molar-refractivity contribution < 1.29 is 17.6 Å². The lowest BCUT2D eigenvalue weighted by Gasteiger charge is -2.18. The van der Waals surface area contributed by atoms with Crippen LogP contribution in [0.4, 0.5) is 10.1 Å². The van der Waals surface area contributed by atoms with Crippen molar-refractivity contribution in [1.29, 1.82) is 0 Å². The number of nitrogens with one attached hydrogen (secondary N) is 2. The number of hydrogen-bond donors (Lipinski definition) is 2. The van der Waals surface area contributed by atoms with Crippen LogP contribution in [0.3, 0.4) is 0 Å². The van der Waals surface area contributed by atoms with Crippen LogP contribution in [0, 0.1) is 5.82 Å². The number of anilines is 1. The van der Waals surface area contributed by atoms with Crippen LogP contribution >= 0.6 is 27.3 Å². The van der Waals surface area contributed by atoms with Crippen molar-refractivity contribution in [2.45, 2.75) is 16.7 Å². The number of carbonyl (C=O) groups is 1. The molecule has 5 nitrogen and oxygen atoms in total. The van der Waals surface area contributed by atoms with Gasteiger partial charge in [-0.25, -0.2) is 12.8 Å². The van der Waals surface area contributed by atoms with E-state index in [4.69, 9.17) is 0 Å². The van der Waals surface area contributed by atoms with Crippen molar-refractivity contribution in [1.82, 2.24) is 4.72 Å². The van der Waals surface area contributed by atoms with Gasteiger partial charge < -0.3 is 5.32 Å². The second-order valence-electron chi connectivity index (χ2n) is 5.91. The molecule has 146 valence electrons. The molecule has 3 rings (SSSR count). The lowest BCUT2D eigenvalue weighted by molar-refractivity contribution is -0.117. The molecule has 1 amide bonds. The molecule has 0 unspecified atom stereocenters. The molecule has 0 fully saturated rings. The van der Waals surface area contributed by atoms with E-state index in [1.165, 1.54) is 18.2 Å². The van der Waals surface area contributed by atoms with Crippen LogP contribution in [0.2, 0.25) is 0 Å². The van der Waals surface area contributed by atoms with E-state index in [1.54, 1.807) is 41.8 Å². The molecule has 1 aromatic heterocycles. The van der Waals surface area contributed by atoms with E-state index >= 15 is 0 Å². The minimum absolute atomic E-state index is 0.0263. The number of rotatable bonds is 7. The summed E-state index contributed by atoms with van der Waals surface area (Å²) in [5.74, 6) is -1.27. The lowest BCUT2D eigenvalue weighted by atomic mass is 10.1. The van der Waals surface area contributed by atoms with Crippen LogP contribution in [-0.2, 0) is 21.2 Å². The van der Waals surface area contributed by atoms with Gasteiger partial charge in [-0.15, -0.1) is 11.3 Å². The zero-order chi connectivity index (χ0) is 20.1. The zero-order valence-electron chi connectivity index (χ0n) is 14.4. The molecular weight excluding hydrogens is 467 g/mol. The molecule has 0 saturated heterocycles. The second-order valence-corrected chi connectivity index (χ2v) is 9.71. The summed E-state index contributed by atoms with van der Waals surface area (Å²) in [5, 5.41) is 4.10. The third kappa shape index (κ3) is 5.26. The predicted molar refractivity (Wildman–Crippen MR) is 111 cm³/mol. The molecule has 1 heterocycles. The van der Waals surface area contributed by atoms with Crippen molar-refractivity contribution in [3.63, 3.8) is 0 Å². The molecule has 2 aromatic carbocycles. The number of carbonyl (C=O) groups excluding carboxylic acids is 1. The first kappa shape index (κ1) is 20.7. The van der Waals surface area contributed by atoms with Gasteiger partial charge in [0, 0.05) is 4.47 Å². The van der Waals surface area contributed by atoms with E-state index in [0.717, 1.165) is 16.9 Å². The molecule has 9 heteroatoms. The van der Waals surface area contributed by atoms with E-state index in [9.17, 15) is 17.6 Å². The van der Waals surface area contributed by atoms with Gasteiger partial charge in [-0.05, 0) is 41.6 Å². The maximum Gasteiger partial charge on any atom is 0.250 e. The fourth-order valence-corrected chi connectivity index (χ4v) is 5.05. The summed E-state index contributed by atoms with van der Waals surface area (Å²) in [4.78, 5) is 12.8. The van der Waals surface area contributed by atoms with Crippen LogP contribution in [0.25, 0.3) is 0 Å². The highest BCUT2D eigenvalue weighted by atomic mass is 79.9. The van der Waals surface area contributed by atoms with Gasteiger partial charge in [0.1, 0.15) is 16.1 Å². The van der Waals surface area contributed by atoms with Crippen LogP contribution in [0.1, 0.15) is 5.56 Å². The van der Waals surface area contributed by atoms with Crippen LogP contribution in [0.15, 0.2) is 74.7 Å². The van der Waals surface area contributed by atoms with Gasteiger partial charge in [0.05, 0.1) is 5.69 Å². The standard InChI is InChI=1S/C19H16BrFN2O3S2/c20-14-8-9-16(15(21)12-14)22-19(24)17(11-13-5-2-1-3-6-13)23-28(25,26)18-7-4-10-27-18/h1-10,12,17,23H,11H2,(H,22,24)/t17-/m1/s1. The van der Waals surface area contributed by atoms with Gasteiger partial charge in [-0.3, -0.25) is 4.79 Å². The Kier molecular flexibility index (Phi) is 6.61. The van der Waals surface area contributed by atoms with E-state index in [1.807, 2.05) is 6.07 Å². The molecule has 1 atom stereocenters. The third-order valence-corrected chi connectivity index (χ3v) is 7.21. The van der Waals surface area contributed by atoms with Gasteiger partial charge in [-0.1, -0.05) is 52.3 Å². The Morgan fingerprint density at radius 1 is 1.11 bits per heavy atom. The molecule has 0 radical (unpaired) electrons. The van der Waals surface area contributed by atoms with Crippen LogP contribution in [0.5, 0.6) is 0 Å². The molecule has 2 N–H and O–H groups in total. The molecule has 0 spiro atoms. The van der Waals surface area contributed by atoms with Gasteiger partial charge >= 0.3 is 0 Å². The summed E-state index contributed by atoms with van der Waals surface area (Å²) >= 11 is 4.20. The van der Waals surface area contributed by atoms with Gasteiger partial charge in [0.15, 0.2) is 0 Å². The summed E-state index contributed by atoms with van der Waals surface area (Å²) < 4.78 is 42.4. The highest BCUT2D eigenvalue weighted by molar-refractivity contribution is 9.10. The Morgan fingerprint density at radius 3 is 2.50 bits per heavy atom. The second kappa shape index (κ2) is 8.95. The number of amides is 1. The molecule has 3 aromatic rings. The molecule has 0 aliphatic rings. The molecule has 0 aliphatic carbocycles. The summed E-state index contributed by atoms with van der Waals surface area (Å²) in [5.41, 5.74) is 0.745. The van der Waals surface area contributed by atoms with Crippen LogP contribution in [-0.4, -0.2) is 20.4 Å². The average Bonchev–Trinajstić information content (AvgIpc) is 3.20. The average molecular weight is 483 g/mol. The first-order valence-corrected chi connectivity index (χ1v) is 11.4. The first-order chi connectivity index (χ1) is 13.3. The van der Waals surface area contributed by atoms with E-state index in [0.29, 0.717) is 4.47 Å². The Morgan fingerprint density at radius 2 is 1.86 bits per heavy atom. The molecule has 0 bridgehead atoms. The highest BCUT2D eigenvalue weighted by Crippen LogP contribution is 2.21. The number of hydrogen-bond acceptors (Lipinski definition) is 4. The number of sulfonamides is 1. The summed E-state index contributed by atoms with van der Waals surface area (Å²) in [7, 11) is -3.88. The van der Waals surface area contributed by atoms with E-state index < -0.39 is 27.8 Å². The van der Waals surface area contributed by atoms with Crippen molar-refractivity contribution >= 4 is 48.9 Å². The quantitative estimate of drug-likeness (QED) is 0.530. The largest absolute Gasteiger partial charge is 0.322 e. The third-order valence-electron chi connectivity index (χ3n) is 3.85. The molecule has 0 aliphatic heterocycles. The minimum atomic E-state index is -3.88. The summed E-state index contributed by atoms with van der Waals surface area (Å²) in [6.07, 6.45) is 0.120. The topological polar surface area (TPSA) is 75.3 Å². The maximum absolute atomic E-state index is 14.1. The Labute approximate surface area is 174 Å². The number of halogens is 2. The number of thiophene rings is 1. The smallest absolute Gasteiger partial charge is 0.250 e. The summed E-state index contributed by atoms with van der Waals surface area (Å²) in [6, 6.07) is 15.2. The highest BCUT2D eigenvalue weighted by Gasteiger charge is 2.27. The fourth-order valence-electron chi connectivity index (χ4n) is 2.51. The monoisotopic (exact) mass is 482 g/mol. The Balaban J connectivity index is 1.85. The number of benzene rings is 2. The maximum atomic E-state index is 14.1. The van der Waals surface area contributed by atoms with Gasteiger partial charge in [0.25, 0.3) is 10.0 Å². The van der Waals surface area contributed by atoms with Crippen molar-refractivity contribution in [3.05, 3.63) is 81.9 Å². The molecule has 28 heavy (non-hydrogen) atoms. The minimum Gasteiger partial charge on any atom is -0.322 e. The van der Waals surface area contributed by atoms with Crippen LogP contribution < -0.4 is 10.0 Å². The normalized spacial score (nSPS) is 12.5. The van der Waals surface area contributed by atoms with Crippen molar-refractivity contribution in [2.75, 3.05) is 5.32 Å². The van der Waals surface area contributed by atoms with Gasteiger partial charge in [0.2, 0.25) is 5.91 Å².